The molecule has 0 spiro atoms. The highest BCUT2D eigenvalue weighted by atomic mass is 35.5. The van der Waals surface area contributed by atoms with Gasteiger partial charge in [0.15, 0.2) is 5.78 Å². The highest BCUT2D eigenvalue weighted by molar-refractivity contribution is 5.96. The van der Waals surface area contributed by atoms with Gasteiger partial charge in [-0.1, -0.05) is 6.92 Å². The Balaban J connectivity index is 0.00000300. The van der Waals surface area contributed by atoms with E-state index < -0.39 is 0 Å². The van der Waals surface area contributed by atoms with Gasteiger partial charge >= 0.3 is 0 Å². The third-order valence-electron chi connectivity index (χ3n) is 6.29. The first kappa shape index (κ1) is 23.7. The molecule has 2 fully saturated rings. The molecule has 6 heteroatoms. The first-order chi connectivity index (χ1) is 13.5. The number of piperidine rings is 1. The molecule has 3 rings (SSSR count). The SMILES string of the molecule is CCC(=O)c1ccc(N2CCC(C(=O)N3CCCN(C(C)C)CC3)CC2)cc1.Cl. The Bertz CT molecular complexity index is 669. The number of hydrogen-bond donors (Lipinski definition) is 0. The van der Waals surface area contributed by atoms with Crippen molar-refractivity contribution in [3.05, 3.63) is 29.8 Å². The second kappa shape index (κ2) is 11.0. The highest BCUT2D eigenvalue weighted by Gasteiger charge is 2.30. The second-order valence-corrected chi connectivity index (χ2v) is 8.39. The Labute approximate surface area is 181 Å². The fourth-order valence-electron chi connectivity index (χ4n) is 4.38. The minimum Gasteiger partial charge on any atom is -0.371 e. The predicted octanol–water partition coefficient (Wildman–Crippen LogP) is 3.86. The third kappa shape index (κ3) is 5.95. The summed E-state index contributed by atoms with van der Waals surface area (Å²) in [5, 5.41) is 0. The van der Waals surface area contributed by atoms with Crippen LogP contribution in [0.15, 0.2) is 24.3 Å². The molecule has 1 aromatic rings. The molecule has 0 atom stereocenters. The molecule has 2 aliphatic heterocycles. The van der Waals surface area contributed by atoms with Crippen LogP contribution in [0.1, 0.15) is 56.8 Å². The lowest BCUT2D eigenvalue weighted by Crippen LogP contribution is -2.44. The molecule has 1 amide bonds. The van der Waals surface area contributed by atoms with Crippen LogP contribution in [0.25, 0.3) is 0 Å². The van der Waals surface area contributed by atoms with Crippen LogP contribution in [-0.4, -0.2) is 66.8 Å². The molecule has 0 aliphatic carbocycles. The van der Waals surface area contributed by atoms with Crippen LogP contribution in [0.3, 0.4) is 0 Å². The van der Waals surface area contributed by atoms with E-state index in [2.05, 4.69) is 28.5 Å². The summed E-state index contributed by atoms with van der Waals surface area (Å²) in [4.78, 5) is 31.7. The molecular formula is C23H36ClN3O2. The Morgan fingerprint density at radius 3 is 2.21 bits per heavy atom. The number of nitrogens with zero attached hydrogens (tertiary/aromatic N) is 3. The average molecular weight is 422 g/mol. The van der Waals surface area contributed by atoms with Gasteiger partial charge in [0.1, 0.15) is 0 Å². The van der Waals surface area contributed by atoms with E-state index in [0.29, 0.717) is 18.4 Å². The molecule has 2 aliphatic rings. The standard InChI is InChI=1S/C23H35N3O2.ClH/c1-4-22(27)19-6-8-21(9-7-19)25-14-10-20(11-15-25)23(28)26-13-5-12-24(16-17-26)18(2)3;/h6-9,18,20H,4-5,10-17H2,1-3H3;1H. The Morgan fingerprint density at radius 2 is 1.62 bits per heavy atom. The molecule has 0 saturated carbocycles. The van der Waals surface area contributed by atoms with E-state index in [1.807, 2.05) is 31.2 Å². The Kier molecular flexibility index (Phi) is 8.97. The van der Waals surface area contributed by atoms with Gasteiger partial charge in [0, 0.05) is 68.9 Å². The summed E-state index contributed by atoms with van der Waals surface area (Å²) < 4.78 is 0. The van der Waals surface area contributed by atoms with Crippen LogP contribution in [0.5, 0.6) is 0 Å². The lowest BCUT2D eigenvalue weighted by Gasteiger charge is -2.35. The second-order valence-electron chi connectivity index (χ2n) is 8.39. The molecule has 0 N–H and O–H groups in total. The zero-order valence-electron chi connectivity index (χ0n) is 18.1. The van der Waals surface area contributed by atoms with Gasteiger partial charge in [-0.25, -0.2) is 0 Å². The number of rotatable bonds is 5. The quantitative estimate of drug-likeness (QED) is 0.677. The number of ketones is 1. The van der Waals surface area contributed by atoms with Gasteiger partial charge in [-0.2, -0.15) is 0 Å². The normalized spacial score (nSPS) is 19.0. The van der Waals surface area contributed by atoms with E-state index in [1.165, 1.54) is 0 Å². The summed E-state index contributed by atoms with van der Waals surface area (Å²) in [6.07, 6.45) is 3.45. The number of amides is 1. The zero-order valence-corrected chi connectivity index (χ0v) is 18.9. The van der Waals surface area contributed by atoms with Crippen molar-refractivity contribution in [1.82, 2.24) is 9.80 Å². The summed E-state index contributed by atoms with van der Waals surface area (Å²) in [7, 11) is 0. The fourth-order valence-corrected chi connectivity index (χ4v) is 4.38. The maximum atomic E-state index is 13.0. The third-order valence-corrected chi connectivity index (χ3v) is 6.29. The van der Waals surface area contributed by atoms with E-state index in [-0.39, 0.29) is 24.1 Å². The number of anilines is 1. The van der Waals surface area contributed by atoms with Crippen LogP contribution in [0.4, 0.5) is 5.69 Å². The van der Waals surface area contributed by atoms with E-state index in [4.69, 9.17) is 0 Å². The molecule has 0 unspecified atom stereocenters. The molecular weight excluding hydrogens is 386 g/mol. The smallest absolute Gasteiger partial charge is 0.225 e. The minimum absolute atomic E-state index is 0. The average Bonchev–Trinajstić information content (AvgIpc) is 2.99. The lowest BCUT2D eigenvalue weighted by atomic mass is 9.94. The first-order valence-electron chi connectivity index (χ1n) is 10.9. The minimum atomic E-state index is 0. The molecule has 0 bridgehead atoms. The van der Waals surface area contributed by atoms with E-state index in [1.54, 1.807) is 0 Å². The molecule has 5 nitrogen and oxygen atoms in total. The largest absolute Gasteiger partial charge is 0.371 e. The van der Waals surface area contributed by atoms with Crippen molar-refractivity contribution >= 4 is 29.8 Å². The molecule has 0 radical (unpaired) electrons. The maximum absolute atomic E-state index is 13.0. The van der Waals surface area contributed by atoms with Gasteiger partial charge in [-0.3, -0.25) is 14.5 Å². The first-order valence-corrected chi connectivity index (χ1v) is 10.9. The van der Waals surface area contributed by atoms with Crippen molar-refractivity contribution in [2.45, 2.75) is 52.5 Å². The van der Waals surface area contributed by atoms with Crippen LogP contribution in [-0.2, 0) is 4.79 Å². The number of hydrogen-bond acceptors (Lipinski definition) is 4. The fraction of sp³-hybridized carbons (Fsp3) is 0.652. The molecule has 0 aromatic heterocycles. The highest BCUT2D eigenvalue weighted by Crippen LogP contribution is 2.25. The van der Waals surface area contributed by atoms with Crippen LogP contribution in [0.2, 0.25) is 0 Å². The van der Waals surface area contributed by atoms with Crippen molar-refractivity contribution in [3.63, 3.8) is 0 Å². The van der Waals surface area contributed by atoms with Crippen LogP contribution in [0, 0.1) is 5.92 Å². The number of carbonyl (C=O) groups excluding carboxylic acids is 2. The summed E-state index contributed by atoms with van der Waals surface area (Å²) in [5.41, 5.74) is 1.94. The lowest BCUT2D eigenvalue weighted by molar-refractivity contribution is -0.136. The summed E-state index contributed by atoms with van der Waals surface area (Å²) in [5.74, 6) is 0.696. The summed E-state index contributed by atoms with van der Waals surface area (Å²) in [6.45, 7) is 12.0. The van der Waals surface area contributed by atoms with Gasteiger partial charge in [-0.05, 0) is 57.4 Å². The molecule has 2 saturated heterocycles. The maximum Gasteiger partial charge on any atom is 0.225 e. The molecule has 29 heavy (non-hydrogen) atoms. The van der Waals surface area contributed by atoms with Crippen molar-refractivity contribution in [2.24, 2.45) is 5.92 Å². The van der Waals surface area contributed by atoms with Gasteiger partial charge in [0.2, 0.25) is 5.91 Å². The number of carbonyl (C=O) groups is 2. The topological polar surface area (TPSA) is 43.9 Å². The van der Waals surface area contributed by atoms with E-state index in [0.717, 1.165) is 69.8 Å². The van der Waals surface area contributed by atoms with Crippen molar-refractivity contribution in [2.75, 3.05) is 44.2 Å². The van der Waals surface area contributed by atoms with Gasteiger partial charge < -0.3 is 9.80 Å². The molecule has 2 heterocycles. The zero-order chi connectivity index (χ0) is 20.1. The predicted molar refractivity (Wildman–Crippen MR) is 121 cm³/mol. The van der Waals surface area contributed by atoms with E-state index in [9.17, 15) is 9.59 Å². The number of Topliss-reactive ketones (excluding diaryl/α,β-unsaturated/α-hetero) is 1. The molecule has 1 aromatic carbocycles. The van der Waals surface area contributed by atoms with E-state index >= 15 is 0 Å². The number of halogens is 1. The summed E-state index contributed by atoms with van der Waals surface area (Å²) >= 11 is 0. The Hall–Kier alpha value is -1.59. The van der Waals surface area contributed by atoms with Crippen molar-refractivity contribution < 1.29 is 9.59 Å². The van der Waals surface area contributed by atoms with Crippen molar-refractivity contribution in [1.29, 1.82) is 0 Å². The van der Waals surface area contributed by atoms with Crippen LogP contribution < -0.4 is 4.90 Å². The number of benzene rings is 1. The van der Waals surface area contributed by atoms with Gasteiger partial charge in [0.25, 0.3) is 0 Å². The monoisotopic (exact) mass is 421 g/mol. The van der Waals surface area contributed by atoms with Crippen molar-refractivity contribution in [3.8, 4) is 0 Å². The summed E-state index contributed by atoms with van der Waals surface area (Å²) in [6, 6.07) is 8.49. The molecule has 162 valence electrons. The van der Waals surface area contributed by atoms with Gasteiger partial charge in [0.05, 0.1) is 0 Å². The Morgan fingerprint density at radius 1 is 0.966 bits per heavy atom. The van der Waals surface area contributed by atoms with Crippen LogP contribution >= 0.6 is 12.4 Å². The van der Waals surface area contributed by atoms with Gasteiger partial charge in [-0.15, -0.1) is 12.4 Å².